The van der Waals surface area contributed by atoms with E-state index in [1.807, 2.05) is 12.3 Å². The van der Waals surface area contributed by atoms with Gasteiger partial charge < -0.3 is 10.3 Å². The fourth-order valence-corrected chi connectivity index (χ4v) is 2.16. The van der Waals surface area contributed by atoms with Crippen molar-refractivity contribution in [1.82, 2.24) is 15.3 Å². The molecule has 3 nitrogen and oxygen atoms in total. The lowest BCUT2D eigenvalue weighted by Gasteiger charge is -2.05. The number of aromatic amines is 1. The highest BCUT2D eigenvalue weighted by Gasteiger charge is 2.03. The topological polar surface area (TPSA) is 40.7 Å². The molecule has 2 aromatic heterocycles. The molecule has 0 spiro atoms. The van der Waals surface area contributed by atoms with E-state index in [0.717, 1.165) is 24.6 Å². The third-order valence-corrected chi connectivity index (χ3v) is 3.13. The van der Waals surface area contributed by atoms with E-state index in [2.05, 4.69) is 40.6 Å². The molecule has 0 bridgehead atoms. The summed E-state index contributed by atoms with van der Waals surface area (Å²) in [6.07, 6.45) is 1.91. The van der Waals surface area contributed by atoms with Gasteiger partial charge in [0.1, 0.15) is 5.82 Å². The van der Waals surface area contributed by atoms with Crippen LogP contribution >= 0.6 is 11.3 Å². The molecule has 4 heteroatoms. The highest BCUT2D eigenvalue weighted by molar-refractivity contribution is 7.13. The summed E-state index contributed by atoms with van der Waals surface area (Å²) in [6, 6.07) is 4.12. The van der Waals surface area contributed by atoms with Crippen LogP contribution in [0.15, 0.2) is 23.7 Å². The molecule has 0 aliphatic rings. The lowest BCUT2D eigenvalue weighted by atomic mass is 10.2. The van der Waals surface area contributed by atoms with Crippen LogP contribution in [0.3, 0.4) is 0 Å². The van der Waals surface area contributed by atoms with Gasteiger partial charge in [0.2, 0.25) is 0 Å². The number of thiophene rings is 1. The normalized spacial score (nSPS) is 11.2. The smallest absolute Gasteiger partial charge is 0.147 e. The second-order valence-electron chi connectivity index (χ2n) is 4.26. The molecule has 2 N–H and O–H groups in total. The molecule has 0 saturated heterocycles. The summed E-state index contributed by atoms with van der Waals surface area (Å²) >= 11 is 1.70. The fraction of sp³-hybridized carbons (Fsp3) is 0.417. The van der Waals surface area contributed by atoms with Crippen molar-refractivity contribution in [2.45, 2.75) is 20.4 Å². The molecule has 0 aliphatic carbocycles. The molecule has 0 aliphatic heterocycles. The van der Waals surface area contributed by atoms with E-state index >= 15 is 0 Å². The van der Waals surface area contributed by atoms with Gasteiger partial charge >= 0.3 is 0 Å². The number of nitrogens with zero attached hydrogens (tertiary/aromatic N) is 1. The molecular formula is C12H17N3S. The molecular weight excluding hydrogens is 218 g/mol. The van der Waals surface area contributed by atoms with Gasteiger partial charge in [-0.3, -0.25) is 0 Å². The summed E-state index contributed by atoms with van der Waals surface area (Å²) in [5, 5.41) is 5.46. The summed E-state index contributed by atoms with van der Waals surface area (Å²) in [6.45, 7) is 6.30. The van der Waals surface area contributed by atoms with Gasteiger partial charge in [0, 0.05) is 18.4 Å². The minimum Gasteiger partial charge on any atom is -0.340 e. The van der Waals surface area contributed by atoms with E-state index in [1.165, 1.54) is 4.88 Å². The first kappa shape index (κ1) is 11.4. The summed E-state index contributed by atoms with van der Waals surface area (Å²) in [5.74, 6) is 1.65. The maximum atomic E-state index is 4.37. The van der Waals surface area contributed by atoms with Crippen molar-refractivity contribution in [2.75, 3.05) is 6.54 Å². The van der Waals surface area contributed by atoms with Crippen molar-refractivity contribution in [2.24, 2.45) is 5.92 Å². The standard InChI is InChI=1S/C12H17N3S/c1-9(2)6-13-7-10-8-14-12(15-10)11-4-3-5-16-11/h3-5,8-9,13H,6-7H2,1-2H3,(H,14,15). The minimum atomic E-state index is 0.680. The first-order chi connectivity index (χ1) is 7.75. The first-order valence-corrected chi connectivity index (χ1v) is 6.42. The number of hydrogen-bond donors (Lipinski definition) is 2. The number of nitrogens with one attached hydrogen (secondary N) is 2. The molecule has 0 atom stereocenters. The lowest BCUT2D eigenvalue weighted by molar-refractivity contribution is 0.549. The molecule has 2 heterocycles. The van der Waals surface area contributed by atoms with Crippen LogP contribution in [0.5, 0.6) is 0 Å². The molecule has 86 valence electrons. The van der Waals surface area contributed by atoms with Gasteiger partial charge in [0.05, 0.1) is 4.88 Å². The van der Waals surface area contributed by atoms with Gasteiger partial charge in [-0.05, 0) is 23.9 Å². The number of hydrogen-bond acceptors (Lipinski definition) is 3. The van der Waals surface area contributed by atoms with Gasteiger partial charge in [-0.1, -0.05) is 19.9 Å². The number of H-pyrrole nitrogens is 1. The molecule has 0 amide bonds. The second-order valence-corrected chi connectivity index (χ2v) is 5.21. The average Bonchev–Trinajstić information content (AvgIpc) is 2.85. The lowest BCUT2D eigenvalue weighted by Crippen LogP contribution is -2.19. The summed E-state index contributed by atoms with van der Waals surface area (Å²) in [5.41, 5.74) is 1.14. The number of aromatic nitrogens is 2. The summed E-state index contributed by atoms with van der Waals surface area (Å²) < 4.78 is 0. The Kier molecular flexibility index (Phi) is 3.74. The van der Waals surface area contributed by atoms with Crippen LogP contribution in [0.1, 0.15) is 19.5 Å². The Balaban J connectivity index is 1.93. The zero-order valence-corrected chi connectivity index (χ0v) is 10.5. The van der Waals surface area contributed by atoms with Gasteiger partial charge in [-0.15, -0.1) is 11.3 Å². The van der Waals surface area contributed by atoms with Crippen LogP contribution in [0.4, 0.5) is 0 Å². The summed E-state index contributed by atoms with van der Waals surface area (Å²) in [4.78, 5) is 8.89. The quantitative estimate of drug-likeness (QED) is 0.836. The van der Waals surface area contributed by atoms with E-state index < -0.39 is 0 Å². The molecule has 2 rings (SSSR count). The van der Waals surface area contributed by atoms with Crippen molar-refractivity contribution < 1.29 is 0 Å². The zero-order valence-electron chi connectivity index (χ0n) is 9.66. The highest BCUT2D eigenvalue weighted by Crippen LogP contribution is 2.21. The van der Waals surface area contributed by atoms with Crippen LogP contribution in [0.25, 0.3) is 10.7 Å². The Labute approximate surface area is 99.9 Å². The molecule has 0 radical (unpaired) electrons. The van der Waals surface area contributed by atoms with Crippen molar-refractivity contribution in [3.05, 3.63) is 29.4 Å². The third-order valence-electron chi connectivity index (χ3n) is 2.25. The third kappa shape index (κ3) is 2.93. The van der Waals surface area contributed by atoms with Gasteiger partial charge in [0.15, 0.2) is 0 Å². The number of imidazole rings is 1. The minimum absolute atomic E-state index is 0.680. The predicted molar refractivity (Wildman–Crippen MR) is 68.4 cm³/mol. The SMILES string of the molecule is CC(C)CNCc1cnc(-c2cccs2)[nH]1. The Hall–Kier alpha value is -1.13. The summed E-state index contributed by atoms with van der Waals surface area (Å²) in [7, 11) is 0. The Morgan fingerprint density at radius 2 is 2.38 bits per heavy atom. The molecule has 0 aromatic carbocycles. The Bertz CT molecular complexity index is 417. The molecule has 0 fully saturated rings. The van der Waals surface area contributed by atoms with Crippen molar-refractivity contribution in [3.8, 4) is 10.7 Å². The maximum absolute atomic E-state index is 4.37. The van der Waals surface area contributed by atoms with Gasteiger partial charge in [-0.2, -0.15) is 0 Å². The second kappa shape index (κ2) is 5.27. The maximum Gasteiger partial charge on any atom is 0.147 e. The van der Waals surface area contributed by atoms with E-state index in [0.29, 0.717) is 5.92 Å². The highest BCUT2D eigenvalue weighted by atomic mass is 32.1. The fourth-order valence-electron chi connectivity index (χ4n) is 1.48. The first-order valence-electron chi connectivity index (χ1n) is 5.54. The van der Waals surface area contributed by atoms with Crippen LogP contribution in [-0.4, -0.2) is 16.5 Å². The van der Waals surface area contributed by atoms with E-state index in [4.69, 9.17) is 0 Å². The van der Waals surface area contributed by atoms with Crippen molar-refractivity contribution >= 4 is 11.3 Å². The zero-order chi connectivity index (χ0) is 11.4. The molecule has 16 heavy (non-hydrogen) atoms. The van der Waals surface area contributed by atoms with Crippen LogP contribution < -0.4 is 5.32 Å². The number of rotatable bonds is 5. The van der Waals surface area contributed by atoms with E-state index in [9.17, 15) is 0 Å². The average molecular weight is 235 g/mol. The van der Waals surface area contributed by atoms with Gasteiger partial charge in [-0.25, -0.2) is 4.98 Å². The molecule has 0 unspecified atom stereocenters. The van der Waals surface area contributed by atoms with E-state index in [1.54, 1.807) is 11.3 Å². The molecule has 0 saturated carbocycles. The monoisotopic (exact) mass is 235 g/mol. The predicted octanol–water partition coefficient (Wildman–Crippen LogP) is 2.88. The van der Waals surface area contributed by atoms with Crippen LogP contribution in [-0.2, 0) is 6.54 Å². The van der Waals surface area contributed by atoms with Crippen LogP contribution in [0, 0.1) is 5.92 Å². The molecule has 2 aromatic rings. The van der Waals surface area contributed by atoms with Crippen molar-refractivity contribution in [1.29, 1.82) is 0 Å². The van der Waals surface area contributed by atoms with Gasteiger partial charge in [0.25, 0.3) is 0 Å². The van der Waals surface area contributed by atoms with Crippen LogP contribution in [0.2, 0.25) is 0 Å². The largest absolute Gasteiger partial charge is 0.340 e. The van der Waals surface area contributed by atoms with E-state index in [-0.39, 0.29) is 0 Å². The Morgan fingerprint density at radius 3 is 3.06 bits per heavy atom. The van der Waals surface area contributed by atoms with Crippen molar-refractivity contribution in [3.63, 3.8) is 0 Å². The Morgan fingerprint density at radius 1 is 1.50 bits per heavy atom.